The number of benzene rings is 2. The van der Waals surface area contributed by atoms with Gasteiger partial charge in [0, 0.05) is 5.56 Å². The van der Waals surface area contributed by atoms with Gasteiger partial charge in [-0.25, -0.2) is 4.39 Å². The summed E-state index contributed by atoms with van der Waals surface area (Å²) in [6.45, 7) is 8.30. The van der Waals surface area contributed by atoms with Crippen LogP contribution in [-0.2, 0) is 5.41 Å². The highest BCUT2D eigenvalue weighted by Gasteiger charge is 2.15. The molecule has 0 saturated carbocycles. The van der Waals surface area contributed by atoms with Crippen molar-refractivity contribution in [2.75, 3.05) is 0 Å². The van der Waals surface area contributed by atoms with E-state index in [9.17, 15) is 9.18 Å². The van der Waals surface area contributed by atoms with Crippen molar-refractivity contribution in [3.63, 3.8) is 0 Å². The summed E-state index contributed by atoms with van der Waals surface area (Å²) in [5.74, 6) is -0.405. The van der Waals surface area contributed by atoms with E-state index in [0.717, 1.165) is 5.56 Å². The molecule has 1 unspecified atom stereocenters. The van der Waals surface area contributed by atoms with E-state index in [-0.39, 0.29) is 23.2 Å². The number of hydrogen-bond donors (Lipinski definition) is 1. The van der Waals surface area contributed by atoms with Crippen LogP contribution in [0.3, 0.4) is 0 Å². The predicted molar refractivity (Wildman–Crippen MR) is 87.4 cm³/mol. The van der Waals surface area contributed by atoms with Crippen molar-refractivity contribution >= 4 is 5.91 Å². The summed E-state index contributed by atoms with van der Waals surface area (Å²) in [5, 5.41) is 2.93. The summed E-state index contributed by atoms with van der Waals surface area (Å²) in [7, 11) is 0. The fraction of sp³-hybridized carbons (Fsp3) is 0.316. The average Bonchev–Trinajstić information content (AvgIpc) is 2.47. The number of carbonyl (C=O) groups excluding carboxylic acids is 1. The van der Waals surface area contributed by atoms with E-state index in [0.29, 0.717) is 5.56 Å². The molecule has 2 nitrogen and oxygen atoms in total. The van der Waals surface area contributed by atoms with Gasteiger partial charge in [-0.2, -0.15) is 0 Å². The Morgan fingerprint density at radius 2 is 1.55 bits per heavy atom. The van der Waals surface area contributed by atoms with Gasteiger partial charge in [0.15, 0.2) is 0 Å². The minimum Gasteiger partial charge on any atom is -0.346 e. The lowest BCUT2D eigenvalue weighted by Gasteiger charge is -2.19. The topological polar surface area (TPSA) is 29.1 Å². The normalized spacial score (nSPS) is 12.8. The lowest BCUT2D eigenvalue weighted by molar-refractivity contribution is 0.0940. The lowest BCUT2D eigenvalue weighted by Crippen LogP contribution is -2.26. The first-order valence-corrected chi connectivity index (χ1v) is 7.44. The number of rotatable bonds is 3. The SMILES string of the molecule is CC(NC(=O)c1ccc(C(C)(C)C)cc1)c1ccc(F)cc1. The Balaban J connectivity index is 2.07. The minimum absolute atomic E-state index is 0.0659. The maximum absolute atomic E-state index is 12.9. The molecule has 0 aliphatic rings. The third-order valence-electron chi connectivity index (χ3n) is 3.73. The summed E-state index contributed by atoms with van der Waals surface area (Å²) in [6, 6.07) is 13.6. The Kier molecular flexibility index (Phi) is 4.65. The molecule has 116 valence electrons. The highest BCUT2D eigenvalue weighted by molar-refractivity contribution is 5.94. The van der Waals surface area contributed by atoms with Gasteiger partial charge < -0.3 is 5.32 Å². The van der Waals surface area contributed by atoms with Gasteiger partial charge in [-0.05, 0) is 47.7 Å². The Morgan fingerprint density at radius 1 is 1.00 bits per heavy atom. The van der Waals surface area contributed by atoms with Crippen LogP contribution in [0.15, 0.2) is 48.5 Å². The fourth-order valence-corrected chi connectivity index (χ4v) is 2.24. The van der Waals surface area contributed by atoms with Crippen LogP contribution in [0.4, 0.5) is 4.39 Å². The lowest BCUT2D eigenvalue weighted by atomic mass is 9.86. The van der Waals surface area contributed by atoms with Crippen LogP contribution >= 0.6 is 0 Å². The summed E-state index contributed by atoms with van der Waals surface area (Å²) >= 11 is 0. The number of amides is 1. The first-order valence-electron chi connectivity index (χ1n) is 7.44. The zero-order valence-electron chi connectivity index (χ0n) is 13.5. The highest BCUT2D eigenvalue weighted by Crippen LogP contribution is 2.22. The molecule has 1 atom stereocenters. The van der Waals surface area contributed by atoms with Gasteiger partial charge >= 0.3 is 0 Å². The van der Waals surface area contributed by atoms with E-state index in [1.807, 2.05) is 31.2 Å². The van der Waals surface area contributed by atoms with Gasteiger partial charge in [-0.15, -0.1) is 0 Å². The van der Waals surface area contributed by atoms with Crippen molar-refractivity contribution in [1.29, 1.82) is 0 Å². The largest absolute Gasteiger partial charge is 0.346 e. The van der Waals surface area contributed by atoms with E-state index in [4.69, 9.17) is 0 Å². The Morgan fingerprint density at radius 3 is 2.05 bits per heavy atom. The summed E-state index contributed by atoms with van der Waals surface area (Å²) < 4.78 is 12.9. The molecule has 0 radical (unpaired) electrons. The maximum atomic E-state index is 12.9. The van der Waals surface area contributed by atoms with Crippen molar-refractivity contribution in [2.24, 2.45) is 0 Å². The van der Waals surface area contributed by atoms with Crippen molar-refractivity contribution in [1.82, 2.24) is 5.32 Å². The third kappa shape index (κ3) is 3.94. The van der Waals surface area contributed by atoms with Gasteiger partial charge in [0.2, 0.25) is 0 Å². The van der Waals surface area contributed by atoms with Crippen molar-refractivity contribution in [2.45, 2.75) is 39.2 Å². The molecule has 0 heterocycles. The van der Waals surface area contributed by atoms with Gasteiger partial charge in [-0.3, -0.25) is 4.79 Å². The molecule has 1 amide bonds. The van der Waals surface area contributed by atoms with E-state index in [1.54, 1.807) is 12.1 Å². The van der Waals surface area contributed by atoms with Gasteiger partial charge in [0.1, 0.15) is 5.82 Å². The van der Waals surface area contributed by atoms with E-state index in [1.165, 1.54) is 17.7 Å². The molecule has 0 bridgehead atoms. The minimum atomic E-state index is -0.278. The van der Waals surface area contributed by atoms with Crippen molar-refractivity contribution < 1.29 is 9.18 Å². The third-order valence-corrected chi connectivity index (χ3v) is 3.73. The summed E-state index contributed by atoms with van der Waals surface area (Å²) in [5.41, 5.74) is 2.76. The fourth-order valence-electron chi connectivity index (χ4n) is 2.24. The summed E-state index contributed by atoms with van der Waals surface area (Å²) in [4.78, 5) is 12.3. The average molecular weight is 299 g/mol. The molecule has 0 aliphatic carbocycles. The molecule has 2 aromatic rings. The number of nitrogens with one attached hydrogen (secondary N) is 1. The van der Waals surface area contributed by atoms with Crippen LogP contribution in [0.1, 0.15) is 55.2 Å². The standard InChI is InChI=1S/C19H22FNO/c1-13(14-7-11-17(20)12-8-14)21-18(22)15-5-9-16(10-6-15)19(2,3)4/h5-13H,1-4H3,(H,21,22). The first kappa shape index (κ1) is 16.2. The van der Waals surface area contributed by atoms with Gasteiger partial charge in [0.25, 0.3) is 5.91 Å². The molecule has 0 fully saturated rings. The van der Waals surface area contributed by atoms with Crippen LogP contribution in [0.2, 0.25) is 0 Å². The molecular weight excluding hydrogens is 277 g/mol. The monoisotopic (exact) mass is 299 g/mol. The van der Waals surface area contributed by atoms with Crippen molar-refractivity contribution in [3.8, 4) is 0 Å². The molecule has 0 aliphatic heterocycles. The van der Waals surface area contributed by atoms with Crippen LogP contribution in [0, 0.1) is 5.82 Å². The molecule has 0 spiro atoms. The van der Waals surface area contributed by atoms with Crippen LogP contribution < -0.4 is 5.32 Å². The molecule has 1 N–H and O–H groups in total. The smallest absolute Gasteiger partial charge is 0.251 e. The second-order valence-corrected chi connectivity index (χ2v) is 6.57. The Bertz CT molecular complexity index is 639. The zero-order chi connectivity index (χ0) is 16.3. The second-order valence-electron chi connectivity index (χ2n) is 6.57. The van der Waals surface area contributed by atoms with Crippen LogP contribution in [-0.4, -0.2) is 5.91 Å². The van der Waals surface area contributed by atoms with Crippen LogP contribution in [0.5, 0.6) is 0 Å². The predicted octanol–water partition coefficient (Wildman–Crippen LogP) is 4.61. The Hall–Kier alpha value is -2.16. The molecule has 2 rings (SSSR count). The van der Waals surface area contributed by atoms with Crippen molar-refractivity contribution in [3.05, 3.63) is 71.0 Å². The molecule has 0 saturated heterocycles. The number of halogens is 1. The first-order chi connectivity index (χ1) is 10.3. The Labute approximate surface area is 131 Å². The summed E-state index contributed by atoms with van der Waals surface area (Å²) in [6.07, 6.45) is 0. The molecule has 22 heavy (non-hydrogen) atoms. The van der Waals surface area contributed by atoms with Gasteiger partial charge in [-0.1, -0.05) is 45.0 Å². The molecule has 0 aromatic heterocycles. The van der Waals surface area contributed by atoms with Crippen LogP contribution in [0.25, 0.3) is 0 Å². The molecule has 3 heteroatoms. The van der Waals surface area contributed by atoms with E-state index >= 15 is 0 Å². The second kappa shape index (κ2) is 6.30. The zero-order valence-corrected chi connectivity index (χ0v) is 13.5. The number of carbonyl (C=O) groups is 1. The molecular formula is C19H22FNO. The van der Waals surface area contributed by atoms with Gasteiger partial charge in [0.05, 0.1) is 6.04 Å². The molecule has 2 aromatic carbocycles. The maximum Gasteiger partial charge on any atom is 0.251 e. The van der Waals surface area contributed by atoms with E-state index < -0.39 is 0 Å². The number of hydrogen-bond acceptors (Lipinski definition) is 1. The highest BCUT2D eigenvalue weighted by atomic mass is 19.1. The van der Waals surface area contributed by atoms with E-state index in [2.05, 4.69) is 26.1 Å². The quantitative estimate of drug-likeness (QED) is 0.880.